The average molecular weight is 210 g/mol. The van der Waals surface area contributed by atoms with Gasteiger partial charge < -0.3 is 15.1 Å². The number of hydrogen-bond donors (Lipinski definition) is 1. The van der Waals surface area contributed by atoms with Crippen LogP contribution in [0.5, 0.6) is 0 Å². The number of carbonyl (C=O) groups is 1. The molecule has 0 spiro atoms. The van der Waals surface area contributed by atoms with Gasteiger partial charge in [0.25, 0.3) is 5.91 Å². The fourth-order valence-corrected chi connectivity index (χ4v) is 1.44. The second kappa shape index (κ2) is 6.24. The Labute approximate surface area is 90.0 Å². The van der Waals surface area contributed by atoms with Crippen LogP contribution in [0.4, 0.5) is 0 Å². The molecule has 2 N–H and O–H groups in total. The Balaban J connectivity index is 2.58. The van der Waals surface area contributed by atoms with Crippen LogP contribution in [0.15, 0.2) is 23.0 Å². The van der Waals surface area contributed by atoms with Crippen molar-refractivity contribution in [2.75, 3.05) is 19.6 Å². The van der Waals surface area contributed by atoms with E-state index in [4.69, 9.17) is 10.2 Å². The number of hydrogen-bond acceptors (Lipinski definition) is 3. The Hall–Kier alpha value is -1.29. The molecule has 0 unspecified atom stereocenters. The lowest BCUT2D eigenvalue weighted by Crippen LogP contribution is -2.33. The van der Waals surface area contributed by atoms with Crippen LogP contribution in [0, 0.1) is 0 Å². The highest BCUT2D eigenvalue weighted by molar-refractivity contribution is 5.93. The summed E-state index contributed by atoms with van der Waals surface area (Å²) in [5.74, 6) is 0.0269. The molecule has 0 aliphatic carbocycles. The summed E-state index contributed by atoms with van der Waals surface area (Å²) >= 11 is 0. The molecule has 1 aromatic rings. The van der Waals surface area contributed by atoms with Crippen molar-refractivity contribution in [1.82, 2.24) is 4.90 Å². The van der Waals surface area contributed by atoms with Gasteiger partial charge in [0.1, 0.15) is 6.26 Å². The maximum absolute atomic E-state index is 11.9. The lowest BCUT2D eigenvalue weighted by molar-refractivity contribution is 0.0754. The number of amides is 1. The highest BCUT2D eigenvalue weighted by Gasteiger charge is 2.14. The first-order valence-electron chi connectivity index (χ1n) is 5.31. The minimum atomic E-state index is 0.0269. The molecule has 0 radical (unpaired) electrons. The Morgan fingerprint density at radius 3 is 2.87 bits per heavy atom. The molecule has 0 saturated carbocycles. The number of nitrogens with two attached hydrogens (primary N) is 1. The quantitative estimate of drug-likeness (QED) is 0.773. The fraction of sp³-hybridized carbons (Fsp3) is 0.545. The van der Waals surface area contributed by atoms with Gasteiger partial charge in [-0.15, -0.1) is 0 Å². The molecular weight excluding hydrogens is 192 g/mol. The Morgan fingerprint density at radius 1 is 1.53 bits per heavy atom. The number of nitrogens with zero attached hydrogens (tertiary/aromatic N) is 1. The largest absolute Gasteiger partial charge is 0.472 e. The van der Waals surface area contributed by atoms with Crippen LogP contribution < -0.4 is 5.73 Å². The normalized spacial score (nSPS) is 10.3. The van der Waals surface area contributed by atoms with E-state index in [-0.39, 0.29) is 5.91 Å². The summed E-state index contributed by atoms with van der Waals surface area (Å²) in [6.07, 6.45) is 4.78. The molecule has 0 fully saturated rings. The van der Waals surface area contributed by atoms with Gasteiger partial charge in [-0.05, 0) is 25.5 Å². The highest BCUT2D eigenvalue weighted by Crippen LogP contribution is 2.06. The van der Waals surface area contributed by atoms with E-state index in [0.29, 0.717) is 18.7 Å². The molecule has 0 atom stereocenters. The predicted octanol–water partition coefficient (Wildman–Crippen LogP) is 1.48. The molecule has 84 valence electrons. The van der Waals surface area contributed by atoms with Crippen molar-refractivity contribution in [3.05, 3.63) is 24.2 Å². The van der Waals surface area contributed by atoms with Gasteiger partial charge in [-0.1, -0.05) is 6.92 Å². The Bertz CT molecular complexity index is 283. The molecule has 4 nitrogen and oxygen atoms in total. The van der Waals surface area contributed by atoms with Gasteiger partial charge in [-0.2, -0.15) is 0 Å². The zero-order chi connectivity index (χ0) is 11.1. The van der Waals surface area contributed by atoms with Gasteiger partial charge >= 0.3 is 0 Å². The standard InChI is InChI=1S/C11H18N2O2/c1-2-6-13(7-3-5-12)11(14)10-4-8-15-9-10/h4,8-9H,2-3,5-7,12H2,1H3. The summed E-state index contributed by atoms with van der Waals surface area (Å²) in [5, 5.41) is 0. The van der Waals surface area contributed by atoms with Crippen LogP contribution in [0.3, 0.4) is 0 Å². The lowest BCUT2D eigenvalue weighted by atomic mass is 10.2. The van der Waals surface area contributed by atoms with Crippen LogP contribution in [-0.2, 0) is 0 Å². The lowest BCUT2D eigenvalue weighted by Gasteiger charge is -2.20. The Kier molecular flexibility index (Phi) is 4.90. The maximum atomic E-state index is 11.9. The molecule has 0 aliphatic heterocycles. The molecule has 1 amide bonds. The maximum Gasteiger partial charge on any atom is 0.257 e. The van der Waals surface area contributed by atoms with Crippen LogP contribution in [0.1, 0.15) is 30.1 Å². The number of carbonyl (C=O) groups excluding carboxylic acids is 1. The van der Waals surface area contributed by atoms with Crippen LogP contribution in [0.2, 0.25) is 0 Å². The van der Waals surface area contributed by atoms with E-state index in [0.717, 1.165) is 19.4 Å². The number of furan rings is 1. The summed E-state index contributed by atoms with van der Waals surface area (Å²) in [4.78, 5) is 13.7. The van der Waals surface area contributed by atoms with Crippen molar-refractivity contribution in [3.63, 3.8) is 0 Å². The molecule has 0 aliphatic rings. The fourth-order valence-electron chi connectivity index (χ4n) is 1.44. The average Bonchev–Trinajstić information content (AvgIpc) is 2.76. The van der Waals surface area contributed by atoms with Gasteiger partial charge in [0.15, 0.2) is 0 Å². The summed E-state index contributed by atoms with van der Waals surface area (Å²) in [6, 6.07) is 1.69. The van der Waals surface area contributed by atoms with E-state index in [2.05, 4.69) is 6.92 Å². The van der Waals surface area contributed by atoms with E-state index in [1.165, 1.54) is 12.5 Å². The second-order valence-electron chi connectivity index (χ2n) is 3.45. The van der Waals surface area contributed by atoms with E-state index in [1.807, 2.05) is 4.90 Å². The van der Waals surface area contributed by atoms with Crippen LogP contribution in [0.25, 0.3) is 0 Å². The van der Waals surface area contributed by atoms with Crippen molar-refractivity contribution in [1.29, 1.82) is 0 Å². The molecule has 0 bridgehead atoms. The molecule has 1 rings (SSSR count). The molecule has 4 heteroatoms. The first-order chi connectivity index (χ1) is 7.29. The van der Waals surface area contributed by atoms with Crippen LogP contribution >= 0.6 is 0 Å². The van der Waals surface area contributed by atoms with Crippen molar-refractivity contribution < 1.29 is 9.21 Å². The summed E-state index contributed by atoms with van der Waals surface area (Å²) < 4.78 is 4.90. The van der Waals surface area contributed by atoms with Crippen molar-refractivity contribution in [2.24, 2.45) is 5.73 Å². The number of rotatable bonds is 6. The SMILES string of the molecule is CCCN(CCCN)C(=O)c1ccoc1. The van der Waals surface area contributed by atoms with Gasteiger partial charge in [-0.25, -0.2) is 0 Å². The third-order valence-corrected chi connectivity index (χ3v) is 2.18. The van der Waals surface area contributed by atoms with Gasteiger partial charge in [-0.3, -0.25) is 4.79 Å². The highest BCUT2D eigenvalue weighted by atomic mass is 16.3. The predicted molar refractivity (Wildman–Crippen MR) is 58.6 cm³/mol. The van der Waals surface area contributed by atoms with E-state index in [9.17, 15) is 4.79 Å². The molecule has 0 aromatic carbocycles. The summed E-state index contributed by atoms with van der Waals surface area (Å²) in [5.41, 5.74) is 6.05. The second-order valence-corrected chi connectivity index (χ2v) is 3.45. The smallest absolute Gasteiger partial charge is 0.257 e. The van der Waals surface area contributed by atoms with Gasteiger partial charge in [0, 0.05) is 13.1 Å². The van der Waals surface area contributed by atoms with Crippen molar-refractivity contribution >= 4 is 5.91 Å². The third-order valence-electron chi connectivity index (χ3n) is 2.18. The summed E-state index contributed by atoms with van der Waals surface area (Å²) in [6.45, 7) is 4.15. The van der Waals surface area contributed by atoms with Crippen molar-refractivity contribution in [3.8, 4) is 0 Å². The zero-order valence-electron chi connectivity index (χ0n) is 9.11. The zero-order valence-corrected chi connectivity index (χ0v) is 9.11. The van der Waals surface area contributed by atoms with E-state index in [1.54, 1.807) is 6.07 Å². The monoisotopic (exact) mass is 210 g/mol. The first-order valence-corrected chi connectivity index (χ1v) is 5.31. The van der Waals surface area contributed by atoms with Crippen LogP contribution in [-0.4, -0.2) is 30.4 Å². The van der Waals surface area contributed by atoms with Gasteiger partial charge in [0.05, 0.1) is 11.8 Å². The Morgan fingerprint density at radius 2 is 2.33 bits per heavy atom. The van der Waals surface area contributed by atoms with Gasteiger partial charge in [0.2, 0.25) is 0 Å². The molecule has 15 heavy (non-hydrogen) atoms. The van der Waals surface area contributed by atoms with Crippen molar-refractivity contribution in [2.45, 2.75) is 19.8 Å². The molecule has 1 heterocycles. The summed E-state index contributed by atoms with van der Waals surface area (Å²) in [7, 11) is 0. The minimum Gasteiger partial charge on any atom is -0.472 e. The molecule has 0 saturated heterocycles. The third kappa shape index (κ3) is 3.40. The van der Waals surface area contributed by atoms with E-state index >= 15 is 0 Å². The first kappa shape index (κ1) is 11.8. The van der Waals surface area contributed by atoms with E-state index < -0.39 is 0 Å². The minimum absolute atomic E-state index is 0.0269. The topological polar surface area (TPSA) is 59.5 Å². The molecular formula is C11H18N2O2. The molecule has 1 aromatic heterocycles.